The third-order valence-corrected chi connectivity index (χ3v) is 3.11. The summed E-state index contributed by atoms with van der Waals surface area (Å²) in [7, 11) is 0. The van der Waals surface area contributed by atoms with Crippen LogP contribution in [0.2, 0.25) is 0 Å². The predicted molar refractivity (Wildman–Crippen MR) is 70.7 cm³/mol. The van der Waals surface area contributed by atoms with Crippen LogP contribution < -0.4 is 10.1 Å². The number of rotatable bonds is 7. The minimum absolute atomic E-state index is 0.529. The Morgan fingerprint density at radius 1 is 1.56 bits per heavy atom. The average Bonchev–Trinajstić information content (AvgIpc) is 2.91. The number of ether oxygens (including phenoxy) is 2. The van der Waals surface area contributed by atoms with Gasteiger partial charge in [-0.05, 0) is 25.5 Å². The first-order chi connectivity index (χ1) is 8.90. The lowest BCUT2D eigenvalue weighted by molar-refractivity contribution is 0.166. The molecule has 2 rings (SSSR count). The van der Waals surface area contributed by atoms with Crippen LogP contribution in [0.4, 0.5) is 0 Å². The highest BCUT2D eigenvalue weighted by molar-refractivity contribution is 5.29. The summed E-state index contributed by atoms with van der Waals surface area (Å²) in [5.74, 6) is 1.43. The van der Waals surface area contributed by atoms with Crippen LogP contribution >= 0.6 is 0 Å². The number of nitrogens with one attached hydrogen (secondary N) is 1. The third-order valence-electron chi connectivity index (χ3n) is 3.11. The van der Waals surface area contributed by atoms with Gasteiger partial charge in [0.1, 0.15) is 5.75 Å². The Morgan fingerprint density at radius 2 is 2.50 bits per heavy atom. The van der Waals surface area contributed by atoms with Gasteiger partial charge in [0, 0.05) is 30.8 Å². The van der Waals surface area contributed by atoms with Crippen molar-refractivity contribution in [2.45, 2.75) is 26.3 Å². The highest BCUT2D eigenvalue weighted by Gasteiger charge is 2.16. The Morgan fingerprint density at radius 3 is 3.28 bits per heavy atom. The molecule has 1 aliphatic rings. The topological polar surface area (TPSA) is 43.4 Å². The molecule has 0 aromatic carbocycles. The van der Waals surface area contributed by atoms with Gasteiger partial charge in [-0.15, -0.1) is 0 Å². The summed E-state index contributed by atoms with van der Waals surface area (Å²) in [6.45, 7) is 6.45. The minimum Gasteiger partial charge on any atom is -0.491 e. The van der Waals surface area contributed by atoms with E-state index >= 15 is 0 Å². The van der Waals surface area contributed by atoms with Crippen molar-refractivity contribution in [3.8, 4) is 5.75 Å². The van der Waals surface area contributed by atoms with Gasteiger partial charge in [0.15, 0.2) is 0 Å². The Labute approximate surface area is 109 Å². The maximum Gasteiger partial charge on any atom is 0.142 e. The summed E-state index contributed by atoms with van der Waals surface area (Å²) in [6, 6.07) is 2.02. The molecule has 18 heavy (non-hydrogen) atoms. The zero-order valence-corrected chi connectivity index (χ0v) is 11.0. The van der Waals surface area contributed by atoms with Gasteiger partial charge in [0.25, 0.3) is 0 Å². The summed E-state index contributed by atoms with van der Waals surface area (Å²) in [5.41, 5.74) is 1.18. The lowest BCUT2D eigenvalue weighted by Crippen LogP contribution is -2.16. The van der Waals surface area contributed by atoms with E-state index in [-0.39, 0.29) is 0 Å². The molecular formula is C14H22N2O2. The fraction of sp³-hybridized carbons (Fsp3) is 0.643. The van der Waals surface area contributed by atoms with Crippen LogP contribution in [-0.4, -0.2) is 31.3 Å². The van der Waals surface area contributed by atoms with Crippen molar-refractivity contribution in [3.63, 3.8) is 0 Å². The second-order valence-corrected chi connectivity index (χ2v) is 4.70. The summed E-state index contributed by atoms with van der Waals surface area (Å²) in [4.78, 5) is 4.13. The first-order valence-electron chi connectivity index (χ1n) is 6.74. The molecule has 1 fully saturated rings. The van der Waals surface area contributed by atoms with Crippen molar-refractivity contribution in [1.29, 1.82) is 0 Å². The van der Waals surface area contributed by atoms with Gasteiger partial charge in [0.05, 0.1) is 19.4 Å². The highest BCUT2D eigenvalue weighted by Crippen LogP contribution is 2.19. The molecule has 1 aromatic rings. The highest BCUT2D eigenvalue weighted by atomic mass is 16.5. The molecule has 1 atom stereocenters. The van der Waals surface area contributed by atoms with Crippen LogP contribution in [0.3, 0.4) is 0 Å². The fourth-order valence-corrected chi connectivity index (χ4v) is 2.01. The number of aromatic nitrogens is 1. The fourth-order valence-electron chi connectivity index (χ4n) is 2.01. The number of hydrogen-bond acceptors (Lipinski definition) is 4. The molecule has 0 spiro atoms. The van der Waals surface area contributed by atoms with E-state index in [0.29, 0.717) is 5.92 Å². The molecule has 1 aliphatic heterocycles. The van der Waals surface area contributed by atoms with Crippen molar-refractivity contribution in [1.82, 2.24) is 10.3 Å². The molecule has 1 N–H and O–H groups in total. The SMILES string of the molecule is CCCNCc1ccncc1OCC1CCOC1. The molecule has 0 bridgehead atoms. The van der Waals surface area contributed by atoms with Crippen LogP contribution in [0, 0.1) is 5.92 Å². The van der Waals surface area contributed by atoms with E-state index < -0.39 is 0 Å². The first-order valence-corrected chi connectivity index (χ1v) is 6.74. The normalized spacial score (nSPS) is 19.1. The van der Waals surface area contributed by atoms with E-state index in [0.717, 1.165) is 51.5 Å². The molecule has 2 heterocycles. The number of nitrogens with zero attached hydrogens (tertiary/aromatic N) is 1. The minimum atomic E-state index is 0.529. The Hall–Kier alpha value is -1.13. The largest absolute Gasteiger partial charge is 0.491 e. The maximum atomic E-state index is 5.87. The summed E-state index contributed by atoms with van der Waals surface area (Å²) in [5, 5.41) is 3.39. The first kappa shape index (κ1) is 13.3. The summed E-state index contributed by atoms with van der Waals surface area (Å²) in [6.07, 6.45) is 5.86. The lowest BCUT2D eigenvalue weighted by Gasteiger charge is -2.13. The summed E-state index contributed by atoms with van der Waals surface area (Å²) >= 11 is 0. The lowest BCUT2D eigenvalue weighted by atomic mass is 10.1. The van der Waals surface area contributed by atoms with E-state index in [4.69, 9.17) is 9.47 Å². The van der Waals surface area contributed by atoms with E-state index in [9.17, 15) is 0 Å². The molecule has 1 aromatic heterocycles. The maximum absolute atomic E-state index is 5.87. The molecule has 0 aliphatic carbocycles. The van der Waals surface area contributed by atoms with Gasteiger partial charge in [-0.25, -0.2) is 0 Å². The van der Waals surface area contributed by atoms with E-state index in [2.05, 4.69) is 17.2 Å². The van der Waals surface area contributed by atoms with Crippen LogP contribution in [0.15, 0.2) is 18.5 Å². The van der Waals surface area contributed by atoms with Crippen LogP contribution in [0.5, 0.6) is 5.75 Å². The number of hydrogen-bond donors (Lipinski definition) is 1. The van der Waals surface area contributed by atoms with Gasteiger partial charge >= 0.3 is 0 Å². The van der Waals surface area contributed by atoms with Crippen molar-refractivity contribution in [2.75, 3.05) is 26.4 Å². The van der Waals surface area contributed by atoms with E-state index in [1.807, 2.05) is 12.3 Å². The van der Waals surface area contributed by atoms with Crippen molar-refractivity contribution >= 4 is 0 Å². The average molecular weight is 250 g/mol. The van der Waals surface area contributed by atoms with Gasteiger partial charge < -0.3 is 14.8 Å². The second-order valence-electron chi connectivity index (χ2n) is 4.70. The van der Waals surface area contributed by atoms with Crippen LogP contribution in [-0.2, 0) is 11.3 Å². The van der Waals surface area contributed by atoms with Crippen molar-refractivity contribution in [3.05, 3.63) is 24.0 Å². The Balaban J connectivity index is 1.85. The van der Waals surface area contributed by atoms with Crippen LogP contribution in [0.25, 0.3) is 0 Å². The van der Waals surface area contributed by atoms with E-state index in [1.165, 1.54) is 5.56 Å². The third kappa shape index (κ3) is 3.96. The zero-order valence-electron chi connectivity index (χ0n) is 11.0. The molecule has 4 nitrogen and oxygen atoms in total. The predicted octanol–water partition coefficient (Wildman–Crippen LogP) is 2.00. The molecule has 1 saturated heterocycles. The summed E-state index contributed by atoms with van der Waals surface area (Å²) < 4.78 is 11.2. The molecule has 4 heteroatoms. The molecule has 1 unspecified atom stereocenters. The monoisotopic (exact) mass is 250 g/mol. The zero-order chi connectivity index (χ0) is 12.6. The van der Waals surface area contributed by atoms with Crippen LogP contribution in [0.1, 0.15) is 25.3 Å². The smallest absolute Gasteiger partial charge is 0.142 e. The Bertz CT molecular complexity index is 351. The molecule has 0 saturated carbocycles. The second kappa shape index (κ2) is 7.34. The number of pyridine rings is 1. The quantitative estimate of drug-likeness (QED) is 0.752. The Kier molecular flexibility index (Phi) is 5.42. The standard InChI is InChI=1S/C14H22N2O2/c1-2-5-15-8-13-3-6-16-9-14(13)18-11-12-4-7-17-10-12/h3,6,9,12,15H,2,4-5,7-8,10-11H2,1H3. The molecular weight excluding hydrogens is 228 g/mol. The molecule has 0 amide bonds. The molecule has 100 valence electrons. The van der Waals surface area contributed by atoms with Gasteiger partial charge in [-0.3, -0.25) is 4.98 Å². The van der Waals surface area contributed by atoms with E-state index in [1.54, 1.807) is 6.20 Å². The van der Waals surface area contributed by atoms with Gasteiger partial charge in [-0.2, -0.15) is 0 Å². The van der Waals surface area contributed by atoms with Crippen molar-refractivity contribution in [2.24, 2.45) is 5.92 Å². The molecule has 0 radical (unpaired) electrons. The van der Waals surface area contributed by atoms with Gasteiger partial charge in [-0.1, -0.05) is 6.92 Å². The van der Waals surface area contributed by atoms with Gasteiger partial charge in [0.2, 0.25) is 0 Å². The van der Waals surface area contributed by atoms with Crippen molar-refractivity contribution < 1.29 is 9.47 Å².